The number of nitrogens with zero attached hydrogens (tertiary/aromatic N) is 1. The lowest BCUT2D eigenvalue weighted by Crippen LogP contribution is -2.47. The Morgan fingerprint density at radius 1 is 0.389 bits per heavy atom. The maximum absolute atomic E-state index is 13.7. The smallest absolute Gasteiger partial charge is 0.456 e. The molecule has 0 rings (SSSR count). The van der Waals surface area contributed by atoms with Crippen LogP contribution in [0.5, 0.6) is 0 Å². The van der Waals surface area contributed by atoms with E-state index in [-0.39, 0.29) is 25.1 Å². The first-order valence-electron chi connectivity index (χ1n) is 39.8. The van der Waals surface area contributed by atoms with Crippen LogP contribution >= 0.6 is 7.82 Å². The van der Waals surface area contributed by atoms with Crippen LogP contribution in [0.15, 0.2) is 36.5 Å². The Hall–Kier alpha value is -1.77. The highest BCUT2D eigenvalue weighted by Crippen LogP contribution is 2.43. The average molecular weight is 1290 g/mol. The van der Waals surface area contributed by atoms with Gasteiger partial charge in [-0.3, -0.25) is 18.6 Å². The molecule has 0 aromatic rings. The number of carbonyl (C=O) groups is 2. The molecule has 1 amide bonds. The molecule has 0 aromatic carbocycles. The van der Waals surface area contributed by atoms with Gasteiger partial charge in [-0.1, -0.05) is 372 Å². The first kappa shape index (κ1) is 88.2. The summed E-state index contributed by atoms with van der Waals surface area (Å²) >= 11 is 0. The van der Waals surface area contributed by atoms with Crippen LogP contribution in [0.2, 0.25) is 0 Å². The third-order valence-corrected chi connectivity index (χ3v) is 19.3. The van der Waals surface area contributed by atoms with Crippen molar-refractivity contribution in [2.75, 3.05) is 40.9 Å². The number of esters is 1. The first-order chi connectivity index (χ1) is 43.9. The van der Waals surface area contributed by atoms with Crippen molar-refractivity contribution in [3.8, 4) is 0 Å². The van der Waals surface area contributed by atoms with Crippen molar-refractivity contribution in [1.82, 2.24) is 5.32 Å². The van der Waals surface area contributed by atoms with Crippen LogP contribution in [0.25, 0.3) is 0 Å². The zero-order valence-electron chi connectivity index (χ0n) is 61.2. The second-order valence-corrected chi connectivity index (χ2v) is 30.1. The lowest BCUT2D eigenvalue weighted by Gasteiger charge is -2.27. The second-order valence-electron chi connectivity index (χ2n) is 28.6. The molecule has 2 N–H and O–H groups in total. The lowest BCUT2D eigenvalue weighted by molar-refractivity contribution is -0.870. The number of nitrogens with one attached hydrogen (secondary N) is 1. The number of allylic oxidation sites excluding steroid dienone is 5. The molecule has 90 heavy (non-hydrogen) atoms. The number of amides is 1. The number of rotatable bonds is 74. The maximum atomic E-state index is 13.7. The van der Waals surface area contributed by atoms with E-state index < -0.39 is 20.0 Å². The summed E-state index contributed by atoms with van der Waals surface area (Å²) in [6.07, 6.45) is 89.0. The molecule has 0 aromatic heterocycles. The van der Waals surface area contributed by atoms with Crippen molar-refractivity contribution in [1.29, 1.82) is 0 Å². The molecule has 3 atom stereocenters. The van der Waals surface area contributed by atoms with Crippen LogP contribution in [0.1, 0.15) is 412 Å². The number of likely N-dealkylation sites (N-methyl/N-ethyl adjacent to an activating group) is 1. The zero-order chi connectivity index (χ0) is 65.6. The molecule has 0 saturated heterocycles. The second kappa shape index (κ2) is 70.0. The standard InChI is InChI=1S/C80H155N2O7P/c1-7-10-13-16-19-22-25-28-30-32-34-36-38-40-41-43-45-47-49-51-53-55-58-61-64-67-70-73-80(84)89-78(71-68-65-62-59-56-27-24-21-18-15-12-9-3)77(76-88-90(85,86)87-75-74-82(4,5)6)81-79(83)72-69-66-63-60-57-54-52-50-48-46-44-42-39-37-35-33-31-29-26-23-20-17-14-11-8-2/h19,22,28,30,68,71,77-78H,7-18,20-21,23-27,29,31-67,69-70,72-76H2,1-6H3,(H-,81,83,85,86)/p+1/b22-19-,30-28-,71-68+. The van der Waals surface area contributed by atoms with Crippen LogP contribution in [-0.4, -0.2) is 74.3 Å². The van der Waals surface area contributed by atoms with Crippen molar-refractivity contribution in [2.45, 2.75) is 425 Å². The quantitative estimate of drug-likeness (QED) is 0.0205. The molecule has 532 valence electrons. The molecule has 0 aliphatic carbocycles. The predicted octanol–water partition coefficient (Wildman–Crippen LogP) is 25.7. The van der Waals surface area contributed by atoms with E-state index in [0.29, 0.717) is 23.9 Å². The molecule has 0 heterocycles. The molecule has 0 spiro atoms. The van der Waals surface area contributed by atoms with Gasteiger partial charge in [0.05, 0.1) is 33.8 Å². The monoisotopic (exact) mass is 1290 g/mol. The topological polar surface area (TPSA) is 111 Å². The number of phosphoric acid groups is 1. The van der Waals surface area contributed by atoms with Crippen LogP contribution < -0.4 is 5.32 Å². The van der Waals surface area contributed by atoms with Gasteiger partial charge in [0.2, 0.25) is 5.91 Å². The lowest BCUT2D eigenvalue weighted by atomic mass is 10.0. The fourth-order valence-corrected chi connectivity index (χ4v) is 12.9. The first-order valence-corrected chi connectivity index (χ1v) is 41.3. The van der Waals surface area contributed by atoms with E-state index in [9.17, 15) is 19.0 Å². The fourth-order valence-electron chi connectivity index (χ4n) is 12.2. The molecule has 0 radical (unpaired) electrons. The van der Waals surface area contributed by atoms with Gasteiger partial charge in [0, 0.05) is 12.8 Å². The molecule has 10 heteroatoms. The minimum Gasteiger partial charge on any atom is -0.456 e. The van der Waals surface area contributed by atoms with Gasteiger partial charge in [-0.2, -0.15) is 0 Å². The van der Waals surface area contributed by atoms with E-state index in [0.717, 1.165) is 64.2 Å². The van der Waals surface area contributed by atoms with Gasteiger partial charge in [0.15, 0.2) is 0 Å². The van der Waals surface area contributed by atoms with E-state index in [2.05, 4.69) is 56.5 Å². The number of hydrogen-bond donors (Lipinski definition) is 2. The highest BCUT2D eigenvalue weighted by atomic mass is 31.2. The summed E-state index contributed by atoms with van der Waals surface area (Å²) in [6, 6.07) is -0.845. The molecule has 0 fully saturated rings. The minimum absolute atomic E-state index is 0.0442. The number of quaternary nitrogens is 1. The van der Waals surface area contributed by atoms with Crippen LogP contribution in [0, 0.1) is 0 Å². The Balaban J connectivity index is 4.88. The van der Waals surface area contributed by atoms with E-state index in [1.54, 1.807) is 0 Å². The van der Waals surface area contributed by atoms with Crippen molar-refractivity contribution in [3.63, 3.8) is 0 Å². The van der Waals surface area contributed by atoms with Gasteiger partial charge in [-0.05, 0) is 63.9 Å². The van der Waals surface area contributed by atoms with Crippen molar-refractivity contribution in [3.05, 3.63) is 36.5 Å². The molecule has 0 aliphatic heterocycles. The average Bonchev–Trinajstić information content (AvgIpc) is 3.12. The van der Waals surface area contributed by atoms with E-state index in [1.165, 1.54) is 315 Å². The Bertz CT molecular complexity index is 1630. The number of phosphoric ester groups is 1. The third kappa shape index (κ3) is 70.5. The molecular formula is C80H156N2O7P+. The van der Waals surface area contributed by atoms with E-state index >= 15 is 0 Å². The highest BCUT2D eigenvalue weighted by molar-refractivity contribution is 7.47. The summed E-state index contributed by atoms with van der Waals surface area (Å²) in [5.74, 6) is -0.478. The minimum atomic E-state index is -4.45. The highest BCUT2D eigenvalue weighted by Gasteiger charge is 2.30. The summed E-state index contributed by atoms with van der Waals surface area (Å²) in [4.78, 5) is 38.0. The largest absolute Gasteiger partial charge is 0.472 e. The fraction of sp³-hybridized carbons (Fsp3) is 0.900. The van der Waals surface area contributed by atoms with Crippen molar-refractivity contribution < 1.29 is 37.3 Å². The molecular weight excluding hydrogens is 1130 g/mol. The van der Waals surface area contributed by atoms with Gasteiger partial charge >= 0.3 is 13.8 Å². The molecule has 0 bridgehead atoms. The predicted molar refractivity (Wildman–Crippen MR) is 393 cm³/mol. The molecule has 9 nitrogen and oxygen atoms in total. The van der Waals surface area contributed by atoms with Crippen LogP contribution in [0.4, 0.5) is 0 Å². The summed E-state index contributed by atoms with van der Waals surface area (Å²) in [7, 11) is 1.52. The maximum Gasteiger partial charge on any atom is 0.472 e. The van der Waals surface area contributed by atoms with Crippen LogP contribution in [0.3, 0.4) is 0 Å². The van der Waals surface area contributed by atoms with Gasteiger partial charge in [-0.25, -0.2) is 4.57 Å². The Morgan fingerprint density at radius 2 is 0.678 bits per heavy atom. The zero-order valence-corrected chi connectivity index (χ0v) is 62.1. The van der Waals surface area contributed by atoms with Gasteiger partial charge in [-0.15, -0.1) is 0 Å². The van der Waals surface area contributed by atoms with Crippen LogP contribution in [-0.2, 0) is 27.9 Å². The number of carbonyl (C=O) groups excluding carboxylic acids is 2. The Kier molecular flexibility index (Phi) is 68.7. The molecule has 0 saturated carbocycles. The number of hydrogen-bond acceptors (Lipinski definition) is 6. The molecule has 3 unspecified atom stereocenters. The third-order valence-electron chi connectivity index (χ3n) is 18.3. The summed E-state index contributed by atoms with van der Waals surface area (Å²) in [5, 5.41) is 3.09. The van der Waals surface area contributed by atoms with Crippen molar-refractivity contribution >= 4 is 19.7 Å². The molecule has 0 aliphatic rings. The van der Waals surface area contributed by atoms with Crippen molar-refractivity contribution in [2.24, 2.45) is 0 Å². The van der Waals surface area contributed by atoms with Gasteiger partial charge in [0.25, 0.3) is 0 Å². The van der Waals surface area contributed by atoms with Gasteiger partial charge in [0.1, 0.15) is 19.3 Å². The summed E-state index contributed by atoms with van der Waals surface area (Å²) in [6.45, 7) is 7.07. The summed E-state index contributed by atoms with van der Waals surface area (Å²) in [5.41, 5.74) is 0. The van der Waals surface area contributed by atoms with E-state index in [4.69, 9.17) is 13.8 Å². The Labute approximate surface area is 561 Å². The van der Waals surface area contributed by atoms with E-state index in [1.807, 2.05) is 27.2 Å². The Morgan fingerprint density at radius 3 is 1.02 bits per heavy atom. The van der Waals surface area contributed by atoms with Gasteiger partial charge < -0.3 is 19.4 Å². The number of ether oxygens (including phenoxy) is 1. The SMILES string of the molecule is CCCCC/C=C\C/C=C\CCCCCCCCCCCCCCCCCCCC(=O)OC(/C=C/CCCCCCCCCCCC)C(COP(=O)(O)OCC[N+](C)(C)C)NC(=O)CCCCCCCCCCCCCCCCCCCCCCCCCCC. The number of unbranched alkanes of at least 4 members (excludes halogenated alkanes) is 54. The summed E-state index contributed by atoms with van der Waals surface area (Å²) < 4.78 is 30.9. The normalized spacial score (nSPS) is 13.5.